The Morgan fingerprint density at radius 1 is 0.760 bits per heavy atom. The Balaban J connectivity index is 0. The number of carboxylic acids is 1. The van der Waals surface area contributed by atoms with Crippen LogP contribution < -0.4 is 0 Å². The molecule has 0 saturated heterocycles. The van der Waals surface area contributed by atoms with Gasteiger partial charge in [0.15, 0.2) is 0 Å². The van der Waals surface area contributed by atoms with E-state index in [9.17, 15) is 0 Å². The van der Waals surface area contributed by atoms with Gasteiger partial charge in [0, 0.05) is 21.0 Å². The molecule has 0 radical (unpaired) electrons. The van der Waals surface area contributed by atoms with E-state index in [-0.39, 0.29) is 0 Å². The van der Waals surface area contributed by atoms with Crippen LogP contribution in [0.25, 0.3) is 0 Å². The first-order chi connectivity index (χ1) is 12.0. The van der Waals surface area contributed by atoms with E-state index in [1.807, 2.05) is 0 Å². The fraction of sp³-hybridized carbons (Fsp3) is 0.864. The van der Waals surface area contributed by atoms with E-state index in [2.05, 4.69) is 38.2 Å². The van der Waals surface area contributed by atoms with Crippen molar-refractivity contribution < 1.29 is 9.90 Å². The summed E-state index contributed by atoms with van der Waals surface area (Å²) in [5.41, 5.74) is 0. The van der Waals surface area contributed by atoms with Crippen molar-refractivity contribution in [3.05, 3.63) is 12.3 Å². The fourth-order valence-corrected chi connectivity index (χ4v) is 2.74. The predicted molar refractivity (Wildman–Crippen MR) is 111 cm³/mol. The summed E-state index contributed by atoms with van der Waals surface area (Å²) in [6.45, 7) is 3.38. The number of allylic oxidation sites excluding steroid dienone is 1. The van der Waals surface area contributed by atoms with Crippen LogP contribution in [-0.2, 0) is 4.79 Å². The molecule has 0 aromatic heterocycles. The molecule has 0 aromatic rings. The summed E-state index contributed by atoms with van der Waals surface area (Å²) in [6.07, 6.45) is 25.9. The van der Waals surface area contributed by atoms with E-state index in [4.69, 9.17) is 9.90 Å². The van der Waals surface area contributed by atoms with Gasteiger partial charge in [-0.2, -0.15) is 0 Å². The van der Waals surface area contributed by atoms with Crippen molar-refractivity contribution in [1.29, 1.82) is 0 Å². The Labute approximate surface area is 157 Å². The summed E-state index contributed by atoms with van der Waals surface area (Å²) in [5, 5.41) is 7.42. The number of aliphatic carboxylic acids is 1. The Hall–Kier alpha value is -0.990. The molecule has 3 heteroatoms. The van der Waals surface area contributed by atoms with Crippen LogP contribution in [0.1, 0.15) is 110 Å². The van der Waals surface area contributed by atoms with Crippen molar-refractivity contribution in [2.24, 2.45) is 0 Å². The molecule has 0 aliphatic carbocycles. The second-order valence-electron chi connectivity index (χ2n) is 7.25. The van der Waals surface area contributed by atoms with Crippen molar-refractivity contribution in [1.82, 2.24) is 4.90 Å². The molecule has 1 N–H and O–H groups in total. The van der Waals surface area contributed by atoms with Crippen molar-refractivity contribution in [3.8, 4) is 0 Å². The van der Waals surface area contributed by atoms with Gasteiger partial charge in [-0.25, -0.2) is 0 Å². The SMILES string of the molecule is CC(=O)O.CCCCCCCCCCCCCCCCC=CN(C)C. The van der Waals surface area contributed by atoms with E-state index in [0.29, 0.717) is 0 Å². The van der Waals surface area contributed by atoms with E-state index >= 15 is 0 Å². The Morgan fingerprint density at radius 2 is 1.08 bits per heavy atom. The highest BCUT2D eigenvalue weighted by atomic mass is 16.4. The lowest BCUT2D eigenvalue weighted by Gasteiger charge is -2.04. The molecule has 0 aliphatic heterocycles. The van der Waals surface area contributed by atoms with Gasteiger partial charge in [-0.05, 0) is 19.0 Å². The second kappa shape index (κ2) is 23.0. The smallest absolute Gasteiger partial charge is 0.300 e. The van der Waals surface area contributed by atoms with Crippen LogP contribution in [0, 0.1) is 0 Å². The summed E-state index contributed by atoms with van der Waals surface area (Å²) in [5.74, 6) is -0.833. The van der Waals surface area contributed by atoms with Crippen LogP contribution in [0.2, 0.25) is 0 Å². The zero-order chi connectivity index (χ0) is 19.2. The average molecular weight is 356 g/mol. The molecular weight excluding hydrogens is 310 g/mol. The molecular formula is C22H45NO2. The van der Waals surface area contributed by atoms with Crippen molar-refractivity contribution in [2.45, 2.75) is 110 Å². The van der Waals surface area contributed by atoms with Gasteiger partial charge in [-0.3, -0.25) is 4.79 Å². The summed E-state index contributed by atoms with van der Waals surface area (Å²) in [4.78, 5) is 11.1. The van der Waals surface area contributed by atoms with Crippen LogP contribution in [-0.4, -0.2) is 30.1 Å². The zero-order valence-electron chi connectivity index (χ0n) is 17.6. The van der Waals surface area contributed by atoms with E-state index in [1.165, 1.54) is 96.3 Å². The van der Waals surface area contributed by atoms with Crippen LogP contribution in [0.5, 0.6) is 0 Å². The second-order valence-corrected chi connectivity index (χ2v) is 7.25. The van der Waals surface area contributed by atoms with E-state index < -0.39 is 5.97 Å². The number of nitrogens with zero attached hydrogens (tertiary/aromatic N) is 1. The molecule has 0 bridgehead atoms. The highest BCUT2D eigenvalue weighted by Crippen LogP contribution is 2.13. The van der Waals surface area contributed by atoms with Crippen LogP contribution in [0.4, 0.5) is 0 Å². The molecule has 150 valence electrons. The molecule has 0 unspecified atom stereocenters. The number of hydrogen-bond donors (Lipinski definition) is 1. The fourth-order valence-electron chi connectivity index (χ4n) is 2.74. The maximum absolute atomic E-state index is 9.00. The van der Waals surface area contributed by atoms with Gasteiger partial charge in [-0.15, -0.1) is 0 Å². The molecule has 0 aromatic carbocycles. The molecule has 0 heterocycles. The van der Waals surface area contributed by atoms with Crippen LogP contribution in [0.15, 0.2) is 12.3 Å². The Bertz CT molecular complexity index is 284. The quantitative estimate of drug-likeness (QED) is 0.302. The summed E-state index contributed by atoms with van der Waals surface area (Å²) < 4.78 is 0. The molecule has 0 fully saturated rings. The Morgan fingerprint density at radius 3 is 1.40 bits per heavy atom. The highest BCUT2D eigenvalue weighted by molar-refractivity contribution is 5.62. The summed E-state index contributed by atoms with van der Waals surface area (Å²) in [7, 11) is 4.17. The lowest BCUT2D eigenvalue weighted by molar-refractivity contribution is -0.134. The van der Waals surface area contributed by atoms with Crippen molar-refractivity contribution >= 4 is 5.97 Å². The molecule has 0 aliphatic rings. The first-order valence-corrected chi connectivity index (χ1v) is 10.5. The van der Waals surface area contributed by atoms with Crippen LogP contribution in [0.3, 0.4) is 0 Å². The van der Waals surface area contributed by atoms with Gasteiger partial charge < -0.3 is 10.0 Å². The van der Waals surface area contributed by atoms with Crippen molar-refractivity contribution in [3.63, 3.8) is 0 Å². The molecule has 0 saturated carbocycles. The summed E-state index contributed by atoms with van der Waals surface area (Å²) in [6, 6.07) is 0. The number of rotatable bonds is 16. The third-order valence-electron chi connectivity index (χ3n) is 4.13. The average Bonchev–Trinajstić information content (AvgIpc) is 2.53. The van der Waals surface area contributed by atoms with Crippen molar-refractivity contribution in [2.75, 3.05) is 14.1 Å². The van der Waals surface area contributed by atoms with Gasteiger partial charge in [0.25, 0.3) is 5.97 Å². The highest BCUT2D eigenvalue weighted by Gasteiger charge is 1.93. The minimum atomic E-state index is -0.833. The number of hydrogen-bond acceptors (Lipinski definition) is 2. The minimum Gasteiger partial charge on any atom is -0.481 e. The third kappa shape index (κ3) is 35.1. The largest absolute Gasteiger partial charge is 0.481 e. The van der Waals surface area contributed by atoms with Crippen LogP contribution >= 0.6 is 0 Å². The molecule has 0 spiro atoms. The minimum absolute atomic E-state index is 0.833. The molecule has 25 heavy (non-hydrogen) atoms. The molecule has 3 nitrogen and oxygen atoms in total. The topological polar surface area (TPSA) is 40.5 Å². The monoisotopic (exact) mass is 355 g/mol. The van der Waals surface area contributed by atoms with Gasteiger partial charge in [0.05, 0.1) is 0 Å². The summed E-state index contributed by atoms with van der Waals surface area (Å²) >= 11 is 0. The first-order valence-electron chi connectivity index (χ1n) is 10.5. The maximum Gasteiger partial charge on any atom is 0.300 e. The third-order valence-corrected chi connectivity index (χ3v) is 4.13. The number of carbonyl (C=O) groups is 1. The zero-order valence-corrected chi connectivity index (χ0v) is 17.6. The molecule has 0 atom stereocenters. The van der Waals surface area contributed by atoms with Gasteiger partial charge >= 0.3 is 0 Å². The predicted octanol–water partition coefficient (Wildman–Crippen LogP) is 7.02. The Kier molecular flexibility index (Phi) is 24.2. The van der Waals surface area contributed by atoms with Gasteiger partial charge in [-0.1, -0.05) is 96.5 Å². The normalized spacial score (nSPS) is 10.6. The maximum atomic E-state index is 9.00. The van der Waals surface area contributed by atoms with Gasteiger partial charge in [0.1, 0.15) is 0 Å². The standard InChI is InChI=1S/C20H41N.C2H4O2/c1-4-5-6-7-8-9-10-11-12-13-14-15-16-17-18-19-20-21(2)3;1-2(3)4/h19-20H,4-18H2,1-3H3;1H3,(H,3,4). The number of carboxylic acid groups (broad SMARTS) is 1. The molecule has 0 rings (SSSR count). The van der Waals surface area contributed by atoms with Gasteiger partial charge in [0.2, 0.25) is 0 Å². The first kappa shape index (κ1) is 26.2. The molecule has 0 amide bonds. The number of unbranched alkanes of at least 4 members (excludes halogenated alkanes) is 14. The lowest BCUT2D eigenvalue weighted by atomic mass is 10.0. The van der Waals surface area contributed by atoms with E-state index in [0.717, 1.165) is 6.92 Å². The van der Waals surface area contributed by atoms with E-state index in [1.54, 1.807) is 0 Å². The lowest BCUT2D eigenvalue weighted by Crippen LogP contribution is -1.99.